The predicted molar refractivity (Wildman–Crippen MR) is 92.6 cm³/mol. The van der Waals surface area contributed by atoms with E-state index in [9.17, 15) is 9.59 Å². The van der Waals surface area contributed by atoms with E-state index in [-0.39, 0.29) is 18.0 Å². The second-order valence-electron chi connectivity index (χ2n) is 6.38. The summed E-state index contributed by atoms with van der Waals surface area (Å²) in [5.74, 6) is 0.688. The fourth-order valence-electron chi connectivity index (χ4n) is 2.31. The largest absolute Gasteiger partial charge is 0.459 e. The zero-order valence-corrected chi connectivity index (χ0v) is 15.1. The van der Waals surface area contributed by atoms with Crippen LogP contribution in [-0.4, -0.2) is 34.8 Å². The zero-order chi connectivity index (χ0) is 17.1. The first-order chi connectivity index (χ1) is 10.8. The summed E-state index contributed by atoms with van der Waals surface area (Å²) in [5, 5.41) is 3.74. The first-order valence-corrected chi connectivity index (χ1v) is 8.82. The average molecular weight is 336 g/mol. The molecule has 0 unspecified atom stereocenters. The Bertz CT molecular complexity index is 645. The summed E-state index contributed by atoms with van der Waals surface area (Å²) in [7, 11) is 0. The standard InChI is InChI=1S/C17H24N2O3S/c1-10(2)7-18-14(20)6-13-9-23-16-15(12(5)8-19(13)16)17(21)22-11(3)4/h6,8,10-11H,7,9H2,1-5H3,(H,18,20). The third-order valence-corrected chi connectivity index (χ3v) is 4.46. The van der Waals surface area contributed by atoms with Gasteiger partial charge in [0, 0.05) is 30.3 Å². The van der Waals surface area contributed by atoms with Crippen LogP contribution in [0.5, 0.6) is 0 Å². The minimum Gasteiger partial charge on any atom is -0.459 e. The fraction of sp³-hybridized carbons (Fsp3) is 0.529. The monoisotopic (exact) mass is 336 g/mol. The van der Waals surface area contributed by atoms with Gasteiger partial charge in [0.2, 0.25) is 5.91 Å². The van der Waals surface area contributed by atoms with E-state index < -0.39 is 0 Å². The quantitative estimate of drug-likeness (QED) is 0.663. The normalized spacial score (nSPS) is 15.3. The van der Waals surface area contributed by atoms with Gasteiger partial charge in [-0.2, -0.15) is 0 Å². The zero-order valence-electron chi connectivity index (χ0n) is 14.3. The van der Waals surface area contributed by atoms with Gasteiger partial charge in [0.15, 0.2) is 0 Å². The molecule has 0 aliphatic carbocycles. The summed E-state index contributed by atoms with van der Waals surface area (Å²) in [6.45, 7) is 10.3. The molecule has 2 heterocycles. The summed E-state index contributed by atoms with van der Waals surface area (Å²) >= 11 is 1.56. The van der Waals surface area contributed by atoms with E-state index >= 15 is 0 Å². The molecule has 1 aromatic rings. The van der Waals surface area contributed by atoms with Crippen LogP contribution in [-0.2, 0) is 9.53 Å². The second kappa shape index (κ2) is 7.25. The van der Waals surface area contributed by atoms with Crippen molar-refractivity contribution in [2.24, 2.45) is 5.92 Å². The highest BCUT2D eigenvalue weighted by atomic mass is 32.2. The van der Waals surface area contributed by atoms with Gasteiger partial charge in [0.05, 0.1) is 16.7 Å². The Kier molecular flexibility index (Phi) is 5.57. The maximum Gasteiger partial charge on any atom is 0.341 e. The first kappa shape index (κ1) is 17.7. The molecule has 0 aromatic carbocycles. The van der Waals surface area contributed by atoms with Crippen molar-refractivity contribution < 1.29 is 14.3 Å². The maximum absolute atomic E-state index is 12.3. The first-order valence-electron chi connectivity index (χ1n) is 7.84. The highest BCUT2D eigenvalue weighted by Gasteiger charge is 2.28. The van der Waals surface area contributed by atoms with Crippen molar-refractivity contribution in [1.82, 2.24) is 9.88 Å². The van der Waals surface area contributed by atoms with E-state index in [0.717, 1.165) is 16.3 Å². The number of nitrogens with one attached hydrogen (secondary N) is 1. The molecule has 5 nitrogen and oxygen atoms in total. The number of esters is 1. The Morgan fingerprint density at radius 1 is 1.39 bits per heavy atom. The van der Waals surface area contributed by atoms with Gasteiger partial charge in [-0.25, -0.2) is 4.79 Å². The smallest absolute Gasteiger partial charge is 0.341 e. The van der Waals surface area contributed by atoms with Crippen LogP contribution in [0, 0.1) is 12.8 Å². The van der Waals surface area contributed by atoms with Crippen molar-refractivity contribution in [1.29, 1.82) is 0 Å². The number of carbonyl (C=O) groups is 2. The lowest BCUT2D eigenvalue weighted by Gasteiger charge is -2.08. The van der Waals surface area contributed by atoms with E-state index in [1.807, 2.05) is 31.5 Å². The molecule has 0 saturated heterocycles. The summed E-state index contributed by atoms with van der Waals surface area (Å²) in [4.78, 5) is 24.2. The highest BCUT2D eigenvalue weighted by Crippen LogP contribution is 2.38. The molecule has 2 rings (SSSR count). The van der Waals surface area contributed by atoms with Crippen LogP contribution in [0.1, 0.15) is 43.6 Å². The van der Waals surface area contributed by atoms with Crippen LogP contribution in [0.2, 0.25) is 0 Å². The van der Waals surface area contributed by atoms with Crippen molar-refractivity contribution in [3.05, 3.63) is 23.4 Å². The lowest BCUT2D eigenvalue weighted by molar-refractivity contribution is -0.116. The lowest BCUT2D eigenvalue weighted by Crippen LogP contribution is -2.25. The molecule has 0 bridgehead atoms. The van der Waals surface area contributed by atoms with Gasteiger partial charge in [-0.05, 0) is 32.3 Å². The topological polar surface area (TPSA) is 60.3 Å². The molecule has 0 fully saturated rings. The Morgan fingerprint density at radius 3 is 2.70 bits per heavy atom. The number of hydrogen-bond acceptors (Lipinski definition) is 4. The van der Waals surface area contributed by atoms with E-state index in [0.29, 0.717) is 23.8 Å². The van der Waals surface area contributed by atoms with Crippen molar-refractivity contribution in [3.63, 3.8) is 0 Å². The fourth-order valence-corrected chi connectivity index (χ4v) is 3.52. The van der Waals surface area contributed by atoms with Crippen molar-refractivity contribution in [2.45, 2.75) is 45.7 Å². The number of aromatic nitrogens is 1. The second-order valence-corrected chi connectivity index (χ2v) is 7.34. The Labute approximate surface area is 141 Å². The summed E-state index contributed by atoms with van der Waals surface area (Å²) < 4.78 is 7.24. The number of nitrogens with zero attached hydrogens (tertiary/aromatic N) is 1. The van der Waals surface area contributed by atoms with E-state index in [4.69, 9.17) is 4.74 Å². The lowest BCUT2D eigenvalue weighted by atomic mass is 10.2. The average Bonchev–Trinajstić information content (AvgIpc) is 2.94. The SMILES string of the molecule is Cc1cn2c(c1C(=O)OC(C)C)SCC2=CC(=O)NCC(C)C. The molecule has 0 radical (unpaired) electrons. The van der Waals surface area contributed by atoms with Crippen LogP contribution >= 0.6 is 11.8 Å². The molecule has 23 heavy (non-hydrogen) atoms. The highest BCUT2D eigenvalue weighted by molar-refractivity contribution is 8.00. The summed E-state index contributed by atoms with van der Waals surface area (Å²) in [5.41, 5.74) is 2.36. The maximum atomic E-state index is 12.3. The molecule has 1 N–H and O–H groups in total. The molecule has 1 aliphatic rings. The Morgan fingerprint density at radius 2 is 2.09 bits per heavy atom. The molecule has 0 saturated carbocycles. The van der Waals surface area contributed by atoms with Crippen molar-refractivity contribution in [3.8, 4) is 0 Å². The molecule has 126 valence electrons. The Hall–Kier alpha value is -1.69. The molecular formula is C17H24N2O3S. The number of carbonyl (C=O) groups excluding carboxylic acids is 2. The third-order valence-electron chi connectivity index (χ3n) is 3.35. The summed E-state index contributed by atoms with van der Waals surface area (Å²) in [6.07, 6.45) is 3.36. The molecule has 0 atom stereocenters. The van der Waals surface area contributed by atoms with E-state index in [2.05, 4.69) is 19.2 Å². The minimum absolute atomic E-state index is 0.0974. The Balaban J connectivity index is 2.21. The molecule has 6 heteroatoms. The van der Waals surface area contributed by atoms with Gasteiger partial charge in [-0.15, -0.1) is 11.8 Å². The number of amides is 1. The van der Waals surface area contributed by atoms with Gasteiger partial charge in [-0.1, -0.05) is 13.8 Å². The molecule has 1 aliphatic heterocycles. The van der Waals surface area contributed by atoms with Crippen molar-refractivity contribution in [2.75, 3.05) is 12.3 Å². The van der Waals surface area contributed by atoms with Crippen LogP contribution in [0.4, 0.5) is 0 Å². The molecule has 0 spiro atoms. The van der Waals surface area contributed by atoms with Gasteiger partial charge >= 0.3 is 5.97 Å². The molecule has 1 amide bonds. The van der Waals surface area contributed by atoms with Crippen LogP contribution in [0.15, 0.2) is 17.3 Å². The summed E-state index contributed by atoms with van der Waals surface area (Å²) in [6, 6.07) is 0. The predicted octanol–water partition coefficient (Wildman–Crippen LogP) is 3.08. The minimum atomic E-state index is -0.302. The number of rotatable bonds is 5. The molecular weight excluding hydrogens is 312 g/mol. The number of fused-ring (bicyclic) bond motifs is 1. The van der Waals surface area contributed by atoms with Gasteiger partial charge < -0.3 is 14.6 Å². The van der Waals surface area contributed by atoms with Crippen LogP contribution in [0.3, 0.4) is 0 Å². The van der Waals surface area contributed by atoms with Crippen LogP contribution < -0.4 is 5.32 Å². The van der Waals surface area contributed by atoms with E-state index in [1.165, 1.54) is 0 Å². The third kappa shape index (κ3) is 4.19. The van der Waals surface area contributed by atoms with Gasteiger partial charge in [-0.3, -0.25) is 4.79 Å². The number of aryl methyl sites for hydroxylation is 1. The van der Waals surface area contributed by atoms with Gasteiger partial charge in [0.1, 0.15) is 0 Å². The number of ether oxygens (including phenoxy) is 1. The van der Waals surface area contributed by atoms with Crippen molar-refractivity contribution >= 4 is 29.3 Å². The molecule has 1 aromatic heterocycles. The number of thioether (sulfide) groups is 1. The number of hydrogen-bond donors (Lipinski definition) is 1. The van der Waals surface area contributed by atoms with E-state index in [1.54, 1.807) is 17.8 Å². The van der Waals surface area contributed by atoms with Gasteiger partial charge in [0.25, 0.3) is 0 Å². The van der Waals surface area contributed by atoms with Crippen LogP contribution in [0.25, 0.3) is 5.70 Å².